The van der Waals surface area contributed by atoms with E-state index in [4.69, 9.17) is 28.4 Å². The van der Waals surface area contributed by atoms with E-state index in [0.717, 1.165) is 19.3 Å². The molecule has 5 rings (SSSR count). The minimum Gasteiger partial charge on any atom is -0.453 e. The SMILES string of the molecule is CC1(C)O[C@@H]2[C@@H](CO[C@]3(COC(C)(C)O3)[C@H]2OC(=O)[C@@H]2CC=C[C@@H]3CCC[C@H]32)O1. The maximum absolute atomic E-state index is 13.4. The molecule has 7 heteroatoms. The molecule has 7 atom stereocenters. The van der Waals surface area contributed by atoms with E-state index in [2.05, 4.69) is 12.2 Å². The van der Waals surface area contributed by atoms with Gasteiger partial charge in [0.1, 0.15) is 18.8 Å². The topological polar surface area (TPSA) is 72.5 Å². The van der Waals surface area contributed by atoms with Crippen LogP contribution in [0.2, 0.25) is 0 Å². The Hall–Kier alpha value is -0.990. The van der Waals surface area contributed by atoms with Crippen molar-refractivity contribution in [1.82, 2.24) is 0 Å². The van der Waals surface area contributed by atoms with E-state index in [9.17, 15) is 4.79 Å². The maximum atomic E-state index is 13.4. The van der Waals surface area contributed by atoms with Crippen molar-refractivity contribution in [3.63, 3.8) is 0 Å². The van der Waals surface area contributed by atoms with Crippen LogP contribution in [0.4, 0.5) is 0 Å². The molecule has 0 unspecified atom stereocenters. The van der Waals surface area contributed by atoms with Gasteiger partial charge in [-0.1, -0.05) is 18.6 Å². The van der Waals surface area contributed by atoms with Gasteiger partial charge in [0.2, 0.25) is 5.79 Å². The molecule has 0 aromatic carbocycles. The summed E-state index contributed by atoms with van der Waals surface area (Å²) in [6.07, 6.45) is 7.00. The molecule has 1 saturated carbocycles. The van der Waals surface area contributed by atoms with Crippen molar-refractivity contribution in [2.24, 2.45) is 17.8 Å². The number of hydrogen-bond donors (Lipinski definition) is 0. The minimum absolute atomic E-state index is 0.129. The van der Waals surface area contributed by atoms with Gasteiger partial charge in [-0.05, 0) is 58.8 Å². The Balaban J connectivity index is 1.41. The molecule has 29 heavy (non-hydrogen) atoms. The Morgan fingerprint density at radius 2 is 1.90 bits per heavy atom. The number of allylic oxidation sites excluding steroid dienone is 2. The summed E-state index contributed by atoms with van der Waals surface area (Å²) in [5.41, 5.74) is 0. The van der Waals surface area contributed by atoms with Gasteiger partial charge in [0.05, 0.1) is 12.5 Å². The van der Waals surface area contributed by atoms with E-state index in [0.29, 0.717) is 18.4 Å². The van der Waals surface area contributed by atoms with Crippen molar-refractivity contribution in [3.05, 3.63) is 12.2 Å². The van der Waals surface area contributed by atoms with Gasteiger partial charge in [0.15, 0.2) is 17.7 Å². The summed E-state index contributed by atoms with van der Waals surface area (Å²) >= 11 is 0. The predicted molar refractivity (Wildman–Crippen MR) is 102 cm³/mol. The smallest absolute Gasteiger partial charge is 0.310 e. The van der Waals surface area contributed by atoms with Gasteiger partial charge >= 0.3 is 5.97 Å². The predicted octanol–water partition coefficient (Wildman–Crippen LogP) is 2.92. The molecule has 2 aliphatic carbocycles. The fourth-order valence-corrected chi connectivity index (χ4v) is 5.74. The number of hydrogen-bond acceptors (Lipinski definition) is 7. The van der Waals surface area contributed by atoms with Gasteiger partial charge in [-0.3, -0.25) is 4.79 Å². The highest BCUT2D eigenvalue weighted by atomic mass is 16.9. The van der Waals surface area contributed by atoms with Crippen LogP contribution in [0.25, 0.3) is 0 Å². The Kier molecular flexibility index (Phi) is 4.65. The molecule has 5 aliphatic rings. The van der Waals surface area contributed by atoms with E-state index < -0.39 is 29.6 Å². The lowest BCUT2D eigenvalue weighted by Crippen LogP contribution is -2.63. The van der Waals surface area contributed by atoms with Gasteiger partial charge in [0.25, 0.3) is 0 Å². The van der Waals surface area contributed by atoms with Crippen LogP contribution in [-0.4, -0.2) is 54.9 Å². The van der Waals surface area contributed by atoms with Crippen LogP contribution >= 0.6 is 0 Å². The summed E-state index contributed by atoms with van der Waals surface area (Å²) < 4.78 is 36.4. The molecule has 3 heterocycles. The van der Waals surface area contributed by atoms with E-state index >= 15 is 0 Å². The summed E-state index contributed by atoms with van der Waals surface area (Å²) in [6, 6.07) is 0. The third-order valence-electron chi connectivity index (χ3n) is 6.95. The summed E-state index contributed by atoms with van der Waals surface area (Å²) in [5.74, 6) is -2.25. The Morgan fingerprint density at radius 1 is 1.07 bits per heavy atom. The first-order valence-corrected chi connectivity index (χ1v) is 10.9. The van der Waals surface area contributed by atoms with Crippen molar-refractivity contribution in [3.8, 4) is 0 Å². The fourth-order valence-electron chi connectivity index (χ4n) is 5.74. The molecule has 162 valence electrons. The van der Waals surface area contributed by atoms with E-state index in [1.54, 1.807) is 0 Å². The number of ether oxygens (including phenoxy) is 6. The molecule has 4 fully saturated rings. The highest BCUT2D eigenvalue weighted by Crippen LogP contribution is 2.47. The molecule has 0 amide bonds. The van der Waals surface area contributed by atoms with E-state index in [1.807, 2.05) is 27.7 Å². The summed E-state index contributed by atoms with van der Waals surface area (Å²) in [5, 5.41) is 0. The van der Waals surface area contributed by atoms with Crippen molar-refractivity contribution >= 4 is 5.97 Å². The zero-order valence-electron chi connectivity index (χ0n) is 17.7. The monoisotopic (exact) mass is 408 g/mol. The maximum Gasteiger partial charge on any atom is 0.310 e. The summed E-state index contributed by atoms with van der Waals surface area (Å²) in [6.45, 7) is 7.88. The molecule has 3 aliphatic heterocycles. The van der Waals surface area contributed by atoms with Gasteiger partial charge in [-0.25, -0.2) is 0 Å². The normalized spacial score (nSPS) is 47.2. The Morgan fingerprint density at radius 3 is 2.66 bits per heavy atom. The summed E-state index contributed by atoms with van der Waals surface area (Å²) in [4.78, 5) is 13.4. The van der Waals surface area contributed by atoms with Gasteiger partial charge in [-0.2, -0.15) is 0 Å². The molecule has 0 bridgehead atoms. The standard InChI is InChI=1S/C22H32O7/c1-20(2)25-12-22(29-20)18(17-16(11-24-22)27-21(3,4)28-17)26-19(23)15-10-6-8-13-7-5-9-14(13)15/h6,8,13-18H,5,7,9-12H2,1-4H3/t13-,14+,15+,16+,17+,18-,22-/m0/s1. The summed E-state index contributed by atoms with van der Waals surface area (Å²) in [7, 11) is 0. The molecule has 0 radical (unpaired) electrons. The average molecular weight is 408 g/mol. The highest BCUT2D eigenvalue weighted by Gasteiger charge is 2.64. The minimum atomic E-state index is -1.18. The third-order valence-corrected chi connectivity index (χ3v) is 6.95. The Labute approximate surface area is 172 Å². The number of carbonyl (C=O) groups excluding carboxylic acids is 1. The van der Waals surface area contributed by atoms with Crippen LogP contribution in [0.15, 0.2) is 12.2 Å². The zero-order chi connectivity index (χ0) is 20.4. The molecule has 1 spiro atoms. The molecule has 0 N–H and O–H groups in total. The van der Waals surface area contributed by atoms with Crippen LogP contribution < -0.4 is 0 Å². The van der Waals surface area contributed by atoms with E-state index in [-0.39, 0.29) is 24.6 Å². The molecule has 3 saturated heterocycles. The molecule has 0 aromatic heterocycles. The molecule has 0 aromatic rings. The quantitative estimate of drug-likeness (QED) is 0.514. The lowest BCUT2D eigenvalue weighted by atomic mass is 9.78. The van der Waals surface area contributed by atoms with Crippen molar-refractivity contribution < 1.29 is 33.2 Å². The van der Waals surface area contributed by atoms with Crippen molar-refractivity contribution in [1.29, 1.82) is 0 Å². The molecular weight excluding hydrogens is 376 g/mol. The van der Waals surface area contributed by atoms with E-state index in [1.165, 1.54) is 6.42 Å². The number of carbonyl (C=O) groups is 1. The first-order valence-electron chi connectivity index (χ1n) is 10.9. The fraction of sp³-hybridized carbons (Fsp3) is 0.864. The number of esters is 1. The van der Waals surface area contributed by atoms with Crippen molar-refractivity contribution in [2.75, 3.05) is 13.2 Å². The van der Waals surface area contributed by atoms with Crippen LogP contribution in [0.3, 0.4) is 0 Å². The van der Waals surface area contributed by atoms with Gasteiger partial charge < -0.3 is 28.4 Å². The third kappa shape index (κ3) is 3.45. The molecule has 7 nitrogen and oxygen atoms in total. The van der Waals surface area contributed by atoms with Crippen LogP contribution in [0.5, 0.6) is 0 Å². The van der Waals surface area contributed by atoms with Crippen molar-refractivity contribution in [2.45, 2.75) is 89.1 Å². The van der Waals surface area contributed by atoms with Crippen LogP contribution in [0.1, 0.15) is 53.4 Å². The second kappa shape index (κ2) is 6.76. The van der Waals surface area contributed by atoms with Gasteiger partial charge in [-0.15, -0.1) is 0 Å². The molecular formula is C22H32O7. The zero-order valence-corrected chi connectivity index (χ0v) is 17.7. The number of rotatable bonds is 2. The highest BCUT2D eigenvalue weighted by molar-refractivity contribution is 5.74. The van der Waals surface area contributed by atoms with Crippen LogP contribution in [0, 0.1) is 17.8 Å². The first kappa shape index (κ1) is 19.9. The second-order valence-electron chi connectivity index (χ2n) is 9.94. The average Bonchev–Trinajstić information content (AvgIpc) is 3.32. The first-order chi connectivity index (χ1) is 13.7. The Bertz CT molecular complexity index is 699. The lowest BCUT2D eigenvalue weighted by molar-refractivity contribution is -0.329. The van der Waals surface area contributed by atoms with Gasteiger partial charge in [0, 0.05) is 0 Å². The number of fused-ring (bicyclic) bond motifs is 2. The largest absolute Gasteiger partial charge is 0.453 e. The second-order valence-corrected chi connectivity index (χ2v) is 9.94. The van der Waals surface area contributed by atoms with Crippen LogP contribution in [-0.2, 0) is 33.2 Å². The lowest BCUT2D eigenvalue weighted by Gasteiger charge is -2.44.